The summed E-state index contributed by atoms with van der Waals surface area (Å²) < 4.78 is 0. The Labute approximate surface area is 157 Å². The second kappa shape index (κ2) is 6.65. The van der Waals surface area contributed by atoms with Crippen LogP contribution in [0, 0.1) is 0 Å². The van der Waals surface area contributed by atoms with Crippen LogP contribution in [0.25, 0.3) is 0 Å². The number of anilines is 1. The summed E-state index contributed by atoms with van der Waals surface area (Å²) >= 11 is 6.14. The average Bonchev–Trinajstić information content (AvgIpc) is 3.15. The van der Waals surface area contributed by atoms with Crippen molar-refractivity contribution in [3.8, 4) is 0 Å². The van der Waals surface area contributed by atoms with Gasteiger partial charge in [0.1, 0.15) is 6.17 Å². The Kier molecular flexibility index (Phi) is 4.32. The van der Waals surface area contributed by atoms with Gasteiger partial charge in [0.05, 0.1) is 11.3 Å². The van der Waals surface area contributed by atoms with E-state index in [-0.39, 0.29) is 18.0 Å². The maximum absolute atomic E-state index is 12.7. The van der Waals surface area contributed by atoms with Crippen LogP contribution >= 0.6 is 11.6 Å². The van der Waals surface area contributed by atoms with E-state index in [1.54, 1.807) is 18.2 Å². The number of nitrogens with zero attached hydrogens (tertiary/aromatic N) is 2. The van der Waals surface area contributed by atoms with Crippen LogP contribution in [-0.2, 0) is 6.54 Å². The van der Waals surface area contributed by atoms with Gasteiger partial charge in [0.25, 0.3) is 11.8 Å². The Morgan fingerprint density at radius 1 is 1.27 bits per heavy atom. The van der Waals surface area contributed by atoms with E-state index in [0.717, 1.165) is 30.6 Å². The van der Waals surface area contributed by atoms with Gasteiger partial charge in [0.2, 0.25) is 0 Å². The van der Waals surface area contributed by atoms with Crippen molar-refractivity contribution in [2.45, 2.75) is 25.6 Å². The Balaban J connectivity index is 1.55. The van der Waals surface area contributed by atoms with Crippen molar-refractivity contribution >= 4 is 29.1 Å². The molecule has 0 spiro atoms. The van der Waals surface area contributed by atoms with Crippen LogP contribution in [0.1, 0.15) is 39.1 Å². The molecular weight excluding hydrogens is 350 g/mol. The lowest BCUT2D eigenvalue weighted by Gasteiger charge is -2.40. The highest BCUT2D eigenvalue weighted by atomic mass is 35.5. The number of halogens is 1. The number of nitrogens with one attached hydrogen (secondary N) is 1. The second-order valence-electron chi connectivity index (χ2n) is 6.74. The molecule has 5 nitrogen and oxygen atoms in total. The van der Waals surface area contributed by atoms with Crippen LogP contribution in [-0.4, -0.2) is 36.5 Å². The molecule has 2 aromatic rings. The smallest absolute Gasteiger partial charge is 0.257 e. The fourth-order valence-corrected chi connectivity index (χ4v) is 3.97. The number of hydrogen-bond donors (Lipinski definition) is 1. The Hall–Kier alpha value is -2.53. The second-order valence-corrected chi connectivity index (χ2v) is 7.15. The Bertz CT molecular complexity index is 883. The third-order valence-electron chi connectivity index (χ3n) is 5.20. The summed E-state index contributed by atoms with van der Waals surface area (Å²) in [6.45, 7) is 1.16. The van der Waals surface area contributed by atoms with Gasteiger partial charge in [-0.3, -0.25) is 9.59 Å². The summed E-state index contributed by atoms with van der Waals surface area (Å²) in [4.78, 5) is 29.2. The van der Waals surface area contributed by atoms with Crippen molar-refractivity contribution in [3.05, 3.63) is 64.2 Å². The number of rotatable bonds is 3. The summed E-state index contributed by atoms with van der Waals surface area (Å²) in [7, 11) is 1.99. The molecule has 0 aliphatic carbocycles. The standard InChI is InChI=1S/C20H20ClN3O2/c1-23-17-11-13(19(25)22-12-14-5-2-3-6-16(14)21)8-9-15(17)20(26)24-10-4-7-18(23)24/h2-3,5-6,8-9,11,18H,4,7,10,12H2,1H3,(H,22,25)/t18-/m1/s1. The molecule has 2 heterocycles. The monoisotopic (exact) mass is 369 g/mol. The van der Waals surface area contributed by atoms with Gasteiger partial charge >= 0.3 is 0 Å². The Morgan fingerprint density at radius 2 is 2.08 bits per heavy atom. The topological polar surface area (TPSA) is 52.7 Å². The van der Waals surface area contributed by atoms with Gasteiger partial charge in [-0.15, -0.1) is 0 Å². The number of fused-ring (bicyclic) bond motifs is 2. The van der Waals surface area contributed by atoms with Crippen LogP contribution < -0.4 is 10.2 Å². The maximum atomic E-state index is 12.7. The molecule has 1 N–H and O–H groups in total. The SMILES string of the molecule is CN1c2cc(C(=O)NCc3ccccc3Cl)ccc2C(=O)N2CCC[C@@H]21. The van der Waals surface area contributed by atoms with Gasteiger partial charge in [-0.05, 0) is 42.7 Å². The summed E-state index contributed by atoms with van der Waals surface area (Å²) in [6.07, 6.45) is 2.07. The van der Waals surface area contributed by atoms with Gasteiger partial charge in [-0.25, -0.2) is 0 Å². The molecule has 6 heteroatoms. The van der Waals surface area contributed by atoms with E-state index >= 15 is 0 Å². The number of amides is 2. The van der Waals surface area contributed by atoms with Gasteiger partial charge in [-0.1, -0.05) is 29.8 Å². The zero-order valence-corrected chi connectivity index (χ0v) is 15.3. The van der Waals surface area contributed by atoms with Gasteiger partial charge in [0, 0.05) is 30.7 Å². The first-order valence-electron chi connectivity index (χ1n) is 8.76. The molecule has 26 heavy (non-hydrogen) atoms. The van der Waals surface area contributed by atoms with Gasteiger partial charge in [-0.2, -0.15) is 0 Å². The third kappa shape index (κ3) is 2.82. The van der Waals surface area contributed by atoms with E-state index in [4.69, 9.17) is 11.6 Å². The van der Waals surface area contributed by atoms with Crippen LogP contribution in [0.15, 0.2) is 42.5 Å². The van der Waals surface area contributed by atoms with Crippen LogP contribution in [0.2, 0.25) is 5.02 Å². The molecule has 0 saturated carbocycles. The molecule has 2 aliphatic heterocycles. The molecule has 4 rings (SSSR count). The first-order valence-corrected chi connectivity index (χ1v) is 9.13. The molecule has 2 aromatic carbocycles. The molecule has 2 aliphatic rings. The molecule has 1 saturated heterocycles. The summed E-state index contributed by atoms with van der Waals surface area (Å²) in [5.74, 6) is -0.119. The fourth-order valence-electron chi connectivity index (χ4n) is 3.77. The number of hydrogen-bond acceptors (Lipinski definition) is 3. The molecule has 1 fully saturated rings. The molecule has 1 atom stereocenters. The number of benzene rings is 2. The van der Waals surface area contributed by atoms with Gasteiger partial charge < -0.3 is 15.1 Å². The molecule has 0 unspecified atom stereocenters. The minimum atomic E-state index is -0.178. The number of carbonyl (C=O) groups is 2. The average molecular weight is 370 g/mol. The van der Waals surface area contributed by atoms with Crippen molar-refractivity contribution in [2.75, 3.05) is 18.5 Å². The molecule has 0 radical (unpaired) electrons. The third-order valence-corrected chi connectivity index (χ3v) is 5.57. The van der Waals surface area contributed by atoms with Crippen LogP contribution in [0.3, 0.4) is 0 Å². The summed E-state index contributed by atoms with van der Waals surface area (Å²) in [5, 5.41) is 3.53. The van der Waals surface area contributed by atoms with E-state index in [1.807, 2.05) is 36.2 Å². The van der Waals surface area contributed by atoms with E-state index < -0.39 is 0 Å². The predicted molar refractivity (Wildman–Crippen MR) is 102 cm³/mol. The lowest BCUT2D eigenvalue weighted by atomic mass is 10.0. The minimum absolute atomic E-state index is 0.0589. The zero-order valence-electron chi connectivity index (χ0n) is 14.5. The van der Waals surface area contributed by atoms with E-state index in [1.165, 1.54) is 0 Å². The molecular formula is C20H20ClN3O2. The molecule has 2 amide bonds. The predicted octanol–water partition coefficient (Wildman–Crippen LogP) is 3.28. The molecule has 0 aromatic heterocycles. The highest BCUT2D eigenvalue weighted by Crippen LogP contribution is 2.35. The van der Waals surface area contributed by atoms with Crippen molar-refractivity contribution < 1.29 is 9.59 Å². The van der Waals surface area contributed by atoms with Gasteiger partial charge in [0.15, 0.2) is 0 Å². The van der Waals surface area contributed by atoms with Crippen LogP contribution in [0.5, 0.6) is 0 Å². The van der Waals surface area contributed by atoms with E-state index in [0.29, 0.717) is 22.7 Å². The quantitative estimate of drug-likeness (QED) is 0.903. The van der Waals surface area contributed by atoms with Crippen LogP contribution in [0.4, 0.5) is 5.69 Å². The highest BCUT2D eigenvalue weighted by Gasteiger charge is 2.38. The first-order chi connectivity index (χ1) is 12.6. The summed E-state index contributed by atoms with van der Waals surface area (Å²) in [5.41, 5.74) is 2.90. The Morgan fingerprint density at radius 3 is 2.88 bits per heavy atom. The normalized spacial score (nSPS) is 18.5. The van der Waals surface area contributed by atoms with Crippen molar-refractivity contribution in [1.82, 2.24) is 10.2 Å². The van der Waals surface area contributed by atoms with E-state index in [2.05, 4.69) is 10.2 Å². The lowest BCUT2D eigenvalue weighted by Crippen LogP contribution is -2.50. The van der Waals surface area contributed by atoms with Crippen molar-refractivity contribution in [1.29, 1.82) is 0 Å². The molecule has 0 bridgehead atoms. The lowest BCUT2D eigenvalue weighted by molar-refractivity contribution is 0.0719. The fraction of sp³-hybridized carbons (Fsp3) is 0.300. The maximum Gasteiger partial charge on any atom is 0.257 e. The van der Waals surface area contributed by atoms with E-state index in [9.17, 15) is 9.59 Å². The minimum Gasteiger partial charge on any atom is -0.354 e. The largest absolute Gasteiger partial charge is 0.354 e. The highest BCUT2D eigenvalue weighted by molar-refractivity contribution is 6.31. The first kappa shape index (κ1) is 16.9. The van der Waals surface area contributed by atoms with Crippen molar-refractivity contribution in [2.24, 2.45) is 0 Å². The zero-order chi connectivity index (χ0) is 18.3. The number of carbonyl (C=O) groups excluding carboxylic acids is 2. The molecule has 134 valence electrons. The van der Waals surface area contributed by atoms with Crippen molar-refractivity contribution in [3.63, 3.8) is 0 Å². The summed E-state index contributed by atoms with van der Waals surface area (Å²) in [6, 6.07) is 12.7.